The summed E-state index contributed by atoms with van der Waals surface area (Å²) in [4.78, 5) is 4.75. The molecule has 214 valence electrons. The molecule has 0 bridgehead atoms. The van der Waals surface area contributed by atoms with Crippen LogP contribution in [0.5, 0.6) is 5.75 Å². The second-order valence-electron chi connectivity index (χ2n) is 10.7. The number of halogens is 3. The van der Waals surface area contributed by atoms with E-state index in [0.717, 1.165) is 12.1 Å². The van der Waals surface area contributed by atoms with Crippen LogP contribution in [-0.2, 0) is 12.7 Å². The molecular weight excluding hydrogens is 533 g/mol. The minimum atomic E-state index is -4.69. The lowest BCUT2D eigenvalue weighted by Gasteiger charge is -2.47. The molecule has 3 heterocycles. The Bertz CT molecular complexity index is 1430. The predicted molar refractivity (Wildman–Crippen MR) is 146 cm³/mol. The molecular formula is C30H31F3N6O2. The van der Waals surface area contributed by atoms with Crippen molar-refractivity contribution in [3.63, 3.8) is 0 Å². The molecule has 3 unspecified atom stereocenters. The van der Waals surface area contributed by atoms with E-state index in [9.17, 15) is 18.3 Å². The average molecular weight is 565 g/mol. The van der Waals surface area contributed by atoms with Gasteiger partial charge in [-0.2, -0.15) is 17.9 Å². The highest BCUT2D eigenvalue weighted by Gasteiger charge is 2.44. The molecule has 11 heteroatoms. The van der Waals surface area contributed by atoms with Crippen molar-refractivity contribution < 1.29 is 23.0 Å². The number of hydrogen-bond donors (Lipinski definition) is 1. The molecule has 0 radical (unpaired) electrons. The molecule has 1 aromatic heterocycles. The molecule has 41 heavy (non-hydrogen) atoms. The van der Waals surface area contributed by atoms with E-state index >= 15 is 0 Å². The first-order valence-corrected chi connectivity index (χ1v) is 13.6. The number of nitrogens with zero attached hydrogens (tertiary/aromatic N) is 6. The van der Waals surface area contributed by atoms with E-state index in [0.29, 0.717) is 36.5 Å². The first-order valence-electron chi connectivity index (χ1n) is 13.6. The topological polar surface area (TPSA) is 79.5 Å². The Labute approximate surface area is 236 Å². The number of benzene rings is 3. The third-order valence-corrected chi connectivity index (χ3v) is 8.10. The zero-order chi connectivity index (χ0) is 28.6. The van der Waals surface area contributed by atoms with Gasteiger partial charge < -0.3 is 9.84 Å². The minimum Gasteiger partial charge on any atom is -0.496 e. The SMILES string of the molecule is COc1ccc(-n2nnnc2C(F)(F)F)cc1CN1CC2CC(O)CN2C(C(c2ccccc2)c2ccccc2)C1. The number of fused-ring (bicyclic) bond motifs is 1. The van der Waals surface area contributed by atoms with E-state index in [2.05, 4.69) is 49.6 Å². The van der Waals surface area contributed by atoms with Crippen molar-refractivity contribution in [2.24, 2.45) is 0 Å². The molecule has 4 aromatic rings. The molecule has 0 spiro atoms. The first-order chi connectivity index (χ1) is 19.8. The lowest BCUT2D eigenvalue weighted by atomic mass is 9.82. The molecule has 8 nitrogen and oxygen atoms in total. The summed E-state index contributed by atoms with van der Waals surface area (Å²) < 4.78 is 46.9. The summed E-state index contributed by atoms with van der Waals surface area (Å²) in [6, 6.07) is 25.8. The molecule has 2 fully saturated rings. The van der Waals surface area contributed by atoms with Crippen LogP contribution in [-0.4, -0.2) is 80.0 Å². The van der Waals surface area contributed by atoms with Crippen LogP contribution in [0, 0.1) is 0 Å². The molecule has 3 aromatic carbocycles. The molecule has 1 N–H and O–H groups in total. The van der Waals surface area contributed by atoms with E-state index < -0.39 is 18.1 Å². The third-order valence-electron chi connectivity index (χ3n) is 8.10. The summed E-state index contributed by atoms with van der Waals surface area (Å²) in [6.45, 7) is 2.48. The lowest BCUT2D eigenvalue weighted by molar-refractivity contribution is -0.146. The van der Waals surface area contributed by atoms with Gasteiger partial charge in [0.25, 0.3) is 5.82 Å². The Balaban J connectivity index is 1.35. The Hall–Kier alpha value is -3.80. The molecule has 0 amide bonds. The highest BCUT2D eigenvalue weighted by molar-refractivity contribution is 5.44. The smallest absolute Gasteiger partial charge is 0.453 e. The van der Waals surface area contributed by atoms with Crippen LogP contribution in [0.25, 0.3) is 5.69 Å². The lowest BCUT2D eigenvalue weighted by Crippen LogP contribution is -2.58. The van der Waals surface area contributed by atoms with E-state index in [4.69, 9.17) is 4.74 Å². The van der Waals surface area contributed by atoms with Crippen molar-refractivity contribution >= 4 is 0 Å². The maximum Gasteiger partial charge on any atom is 0.453 e. The van der Waals surface area contributed by atoms with Crippen LogP contribution in [0.4, 0.5) is 13.2 Å². The quantitative estimate of drug-likeness (QED) is 0.362. The van der Waals surface area contributed by atoms with E-state index in [1.807, 2.05) is 36.4 Å². The number of aromatic nitrogens is 4. The van der Waals surface area contributed by atoms with Gasteiger partial charge in [0.1, 0.15) is 5.75 Å². The molecule has 2 aliphatic heterocycles. The van der Waals surface area contributed by atoms with Crippen molar-refractivity contribution in [3.05, 3.63) is 101 Å². The summed E-state index contributed by atoms with van der Waals surface area (Å²) >= 11 is 0. The maximum absolute atomic E-state index is 13.5. The van der Waals surface area contributed by atoms with Gasteiger partial charge in [0, 0.05) is 49.7 Å². The standard InChI is InChI=1S/C30H31F3N6O2/c1-41-27-13-12-23(39-29(30(31,32)33)34-35-36-39)14-22(27)16-37-17-24-15-25(40)18-38(24)26(19-37)28(20-8-4-2-5-9-20)21-10-6-3-7-11-21/h2-14,24-26,28,40H,15-19H2,1H3. The fourth-order valence-corrected chi connectivity index (χ4v) is 6.43. The molecule has 3 atom stereocenters. The number of aliphatic hydroxyl groups is 1. The first kappa shape index (κ1) is 27.4. The number of ether oxygens (including phenoxy) is 1. The fourth-order valence-electron chi connectivity index (χ4n) is 6.43. The van der Waals surface area contributed by atoms with Gasteiger partial charge in [-0.05, 0) is 46.2 Å². The van der Waals surface area contributed by atoms with E-state index in [1.54, 1.807) is 19.2 Å². The normalized spacial score (nSPS) is 21.8. The van der Waals surface area contributed by atoms with Gasteiger partial charge in [-0.1, -0.05) is 60.7 Å². The van der Waals surface area contributed by atoms with Crippen LogP contribution in [0.15, 0.2) is 78.9 Å². The van der Waals surface area contributed by atoms with Crippen LogP contribution < -0.4 is 4.74 Å². The molecule has 6 rings (SSSR count). The number of alkyl halides is 3. The highest BCUT2D eigenvalue weighted by atomic mass is 19.4. The van der Waals surface area contributed by atoms with Crippen molar-refractivity contribution in [3.8, 4) is 11.4 Å². The second kappa shape index (κ2) is 11.2. The zero-order valence-corrected chi connectivity index (χ0v) is 22.5. The summed E-state index contributed by atoms with van der Waals surface area (Å²) in [6.07, 6.45) is -4.44. The summed E-state index contributed by atoms with van der Waals surface area (Å²) in [7, 11) is 1.55. The van der Waals surface area contributed by atoms with E-state index in [-0.39, 0.29) is 23.7 Å². The maximum atomic E-state index is 13.5. The van der Waals surface area contributed by atoms with Crippen molar-refractivity contribution in [2.45, 2.75) is 43.2 Å². The van der Waals surface area contributed by atoms with Gasteiger partial charge in [0.2, 0.25) is 0 Å². The number of rotatable bonds is 7. The Morgan fingerprint density at radius 2 is 1.63 bits per heavy atom. The Morgan fingerprint density at radius 3 is 2.27 bits per heavy atom. The van der Waals surface area contributed by atoms with Gasteiger partial charge in [0.05, 0.1) is 18.9 Å². The minimum absolute atomic E-state index is 0.0665. The van der Waals surface area contributed by atoms with Gasteiger partial charge in [0.15, 0.2) is 0 Å². The summed E-state index contributed by atoms with van der Waals surface area (Å²) in [5.74, 6) is -0.545. The van der Waals surface area contributed by atoms with Gasteiger partial charge in [-0.3, -0.25) is 9.80 Å². The predicted octanol–water partition coefficient (Wildman–Crippen LogP) is 4.14. The summed E-state index contributed by atoms with van der Waals surface area (Å²) in [5.41, 5.74) is 3.33. The van der Waals surface area contributed by atoms with Gasteiger partial charge >= 0.3 is 6.18 Å². The van der Waals surface area contributed by atoms with Crippen LogP contribution >= 0.6 is 0 Å². The number of tetrazole rings is 1. The van der Waals surface area contributed by atoms with Crippen molar-refractivity contribution in [2.75, 3.05) is 26.7 Å². The third kappa shape index (κ3) is 5.57. The average Bonchev–Trinajstić information content (AvgIpc) is 3.61. The molecule has 2 aliphatic rings. The molecule has 0 saturated carbocycles. The van der Waals surface area contributed by atoms with Crippen LogP contribution in [0.3, 0.4) is 0 Å². The Morgan fingerprint density at radius 1 is 0.951 bits per heavy atom. The second-order valence-corrected chi connectivity index (χ2v) is 10.7. The van der Waals surface area contributed by atoms with Crippen molar-refractivity contribution in [1.82, 2.24) is 30.0 Å². The number of methoxy groups -OCH3 is 1. The number of hydrogen-bond acceptors (Lipinski definition) is 7. The van der Waals surface area contributed by atoms with Crippen LogP contribution in [0.2, 0.25) is 0 Å². The Kier molecular flexibility index (Phi) is 7.50. The van der Waals surface area contributed by atoms with E-state index in [1.165, 1.54) is 17.2 Å². The molecule has 0 aliphatic carbocycles. The highest BCUT2D eigenvalue weighted by Crippen LogP contribution is 2.38. The summed E-state index contributed by atoms with van der Waals surface area (Å²) in [5, 5.41) is 20.7. The fraction of sp³-hybridized carbons (Fsp3) is 0.367. The van der Waals surface area contributed by atoms with Gasteiger partial charge in [-0.15, -0.1) is 5.10 Å². The zero-order valence-electron chi connectivity index (χ0n) is 22.5. The monoisotopic (exact) mass is 564 g/mol. The largest absolute Gasteiger partial charge is 0.496 e. The molecule has 2 saturated heterocycles. The van der Waals surface area contributed by atoms with Gasteiger partial charge in [-0.25, -0.2) is 0 Å². The number of piperazine rings is 1. The van der Waals surface area contributed by atoms with Crippen molar-refractivity contribution in [1.29, 1.82) is 0 Å². The number of aliphatic hydroxyl groups excluding tert-OH is 1. The van der Waals surface area contributed by atoms with Crippen LogP contribution in [0.1, 0.15) is 34.9 Å².